The number of halogens is 2. The van der Waals surface area contributed by atoms with Gasteiger partial charge in [0.05, 0.1) is 6.61 Å². The van der Waals surface area contributed by atoms with E-state index in [-0.39, 0.29) is 5.65 Å². The van der Waals surface area contributed by atoms with E-state index in [1.807, 2.05) is 5.10 Å². The SMILES string of the molecule is O=c1[nH]nc2ccn([C@@H]3O[C@H](CO)[C@@H](O)C3(F)F)c(=O)n12. The molecule has 0 amide bonds. The molecule has 0 spiro atoms. The highest BCUT2D eigenvalue weighted by Gasteiger charge is 2.59. The van der Waals surface area contributed by atoms with Crippen molar-refractivity contribution in [1.29, 1.82) is 0 Å². The smallest absolute Gasteiger partial charge is 0.351 e. The number of hydrogen-bond acceptors (Lipinski definition) is 6. The molecule has 3 N–H and O–H groups in total. The van der Waals surface area contributed by atoms with Crippen LogP contribution < -0.4 is 11.4 Å². The van der Waals surface area contributed by atoms with Crippen LogP contribution in [0.15, 0.2) is 21.9 Å². The van der Waals surface area contributed by atoms with Crippen LogP contribution in [0.25, 0.3) is 5.65 Å². The number of fused-ring (bicyclic) bond motifs is 1. The lowest BCUT2D eigenvalue weighted by atomic mass is 10.1. The normalized spacial score (nSPS) is 28.3. The van der Waals surface area contributed by atoms with Crippen LogP contribution in [0.2, 0.25) is 0 Å². The third kappa shape index (κ3) is 1.81. The summed E-state index contributed by atoms with van der Waals surface area (Å²) in [6.07, 6.45) is -4.96. The van der Waals surface area contributed by atoms with E-state index in [1.165, 1.54) is 0 Å². The van der Waals surface area contributed by atoms with Crippen molar-refractivity contribution in [2.24, 2.45) is 0 Å². The lowest BCUT2D eigenvalue weighted by molar-refractivity contribution is -0.141. The number of H-pyrrole nitrogens is 1. The molecule has 9 nitrogen and oxygen atoms in total. The zero-order valence-electron chi connectivity index (χ0n) is 10.3. The molecule has 114 valence electrons. The number of hydrogen-bond donors (Lipinski definition) is 3. The average molecular weight is 304 g/mol. The Balaban J connectivity index is 2.17. The molecule has 0 bridgehead atoms. The number of ether oxygens (including phenoxy) is 1. The van der Waals surface area contributed by atoms with Gasteiger partial charge in [0.2, 0.25) is 6.23 Å². The van der Waals surface area contributed by atoms with Gasteiger partial charge < -0.3 is 14.9 Å². The summed E-state index contributed by atoms with van der Waals surface area (Å²) in [5.41, 5.74) is -2.02. The summed E-state index contributed by atoms with van der Waals surface area (Å²) < 4.78 is 33.8. The molecule has 0 aliphatic carbocycles. The van der Waals surface area contributed by atoms with Gasteiger partial charge in [0.25, 0.3) is 0 Å². The number of nitrogens with zero attached hydrogens (tertiary/aromatic N) is 3. The highest BCUT2D eigenvalue weighted by atomic mass is 19.3. The van der Waals surface area contributed by atoms with Crippen LogP contribution in [0.1, 0.15) is 6.23 Å². The Bertz CT molecular complexity index is 797. The fourth-order valence-corrected chi connectivity index (χ4v) is 2.23. The van der Waals surface area contributed by atoms with Gasteiger partial charge in [0, 0.05) is 6.20 Å². The summed E-state index contributed by atoms with van der Waals surface area (Å²) in [6.45, 7) is -0.837. The molecule has 3 rings (SSSR count). The van der Waals surface area contributed by atoms with Crippen molar-refractivity contribution in [3.05, 3.63) is 33.2 Å². The molecule has 21 heavy (non-hydrogen) atoms. The lowest BCUT2D eigenvalue weighted by Gasteiger charge is -2.21. The van der Waals surface area contributed by atoms with Gasteiger partial charge in [-0.15, -0.1) is 0 Å². The predicted molar refractivity (Wildman–Crippen MR) is 62.0 cm³/mol. The second kappa shape index (κ2) is 4.44. The van der Waals surface area contributed by atoms with Crippen molar-refractivity contribution in [3.63, 3.8) is 0 Å². The highest BCUT2D eigenvalue weighted by Crippen LogP contribution is 2.41. The lowest BCUT2D eigenvalue weighted by Crippen LogP contribution is -2.43. The van der Waals surface area contributed by atoms with E-state index in [1.54, 1.807) is 0 Å². The first-order valence-electron chi connectivity index (χ1n) is 5.88. The van der Waals surface area contributed by atoms with Gasteiger partial charge in [-0.1, -0.05) is 0 Å². The molecule has 1 aliphatic rings. The van der Waals surface area contributed by atoms with E-state index in [2.05, 4.69) is 5.10 Å². The van der Waals surface area contributed by atoms with Crippen LogP contribution in [0, 0.1) is 0 Å². The number of rotatable bonds is 2. The molecule has 2 aromatic rings. The standard InChI is InChI=1S/C10H10F2N4O5/c11-10(12)6(18)4(3-17)21-7(10)15-2-1-5-13-14-8(19)16(5)9(15)20/h1-2,4,6-7,17-18H,3H2,(H,14,19)/t4-,6-,7-/m1/s1. The van der Waals surface area contributed by atoms with E-state index in [0.717, 1.165) is 12.3 Å². The number of nitrogens with one attached hydrogen (secondary N) is 1. The van der Waals surface area contributed by atoms with Gasteiger partial charge in [-0.3, -0.25) is 4.57 Å². The maximum absolute atomic E-state index is 14.0. The minimum absolute atomic E-state index is 0.0400. The number of aromatic amines is 1. The molecule has 11 heteroatoms. The Morgan fingerprint density at radius 1 is 1.48 bits per heavy atom. The van der Waals surface area contributed by atoms with Gasteiger partial charge >= 0.3 is 17.3 Å². The van der Waals surface area contributed by atoms with Crippen molar-refractivity contribution < 1.29 is 23.7 Å². The summed E-state index contributed by atoms with van der Waals surface area (Å²) in [5, 5.41) is 23.9. The van der Waals surface area contributed by atoms with Crippen LogP contribution in [-0.2, 0) is 4.74 Å². The van der Waals surface area contributed by atoms with Gasteiger partial charge in [0.15, 0.2) is 11.8 Å². The van der Waals surface area contributed by atoms with Crippen LogP contribution in [0.3, 0.4) is 0 Å². The van der Waals surface area contributed by atoms with E-state index < -0.39 is 42.3 Å². The Morgan fingerprint density at radius 3 is 2.81 bits per heavy atom. The fourth-order valence-electron chi connectivity index (χ4n) is 2.23. The zero-order valence-corrected chi connectivity index (χ0v) is 10.3. The molecule has 1 aliphatic heterocycles. The first kappa shape index (κ1) is 13.9. The summed E-state index contributed by atoms with van der Waals surface area (Å²) in [7, 11) is 0. The number of aliphatic hydroxyl groups excluding tert-OH is 2. The quantitative estimate of drug-likeness (QED) is 0.594. The first-order chi connectivity index (χ1) is 9.87. The summed E-state index contributed by atoms with van der Waals surface area (Å²) in [5.74, 6) is -3.81. The second-order valence-corrected chi connectivity index (χ2v) is 4.56. The van der Waals surface area contributed by atoms with Crippen LogP contribution in [0.4, 0.5) is 8.78 Å². The monoisotopic (exact) mass is 304 g/mol. The first-order valence-corrected chi connectivity index (χ1v) is 5.88. The number of aliphatic hydroxyl groups is 2. The molecule has 3 heterocycles. The second-order valence-electron chi connectivity index (χ2n) is 4.56. The topological polar surface area (TPSA) is 122 Å². The van der Waals surface area contributed by atoms with Crippen LogP contribution in [-0.4, -0.2) is 54.1 Å². The number of alkyl halides is 2. The zero-order chi connectivity index (χ0) is 15.4. The Morgan fingerprint density at radius 2 is 2.19 bits per heavy atom. The molecular formula is C10H10F2N4O5. The van der Waals surface area contributed by atoms with Crippen molar-refractivity contribution >= 4 is 5.65 Å². The van der Waals surface area contributed by atoms with Gasteiger partial charge in [-0.2, -0.15) is 18.3 Å². The Kier molecular flexibility index (Phi) is 2.93. The van der Waals surface area contributed by atoms with Crippen molar-refractivity contribution in [2.45, 2.75) is 24.4 Å². The highest BCUT2D eigenvalue weighted by molar-refractivity contribution is 5.33. The van der Waals surface area contributed by atoms with Crippen LogP contribution >= 0.6 is 0 Å². The van der Waals surface area contributed by atoms with E-state index in [9.17, 15) is 23.5 Å². The fraction of sp³-hybridized carbons (Fsp3) is 0.500. The molecule has 0 saturated carbocycles. The molecule has 0 unspecified atom stereocenters. The molecular weight excluding hydrogens is 294 g/mol. The minimum Gasteiger partial charge on any atom is -0.394 e. The van der Waals surface area contributed by atoms with E-state index >= 15 is 0 Å². The number of aromatic nitrogens is 4. The van der Waals surface area contributed by atoms with Gasteiger partial charge in [-0.05, 0) is 6.07 Å². The van der Waals surface area contributed by atoms with Crippen LogP contribution in [0.5, 0.6) is 0 Å². The predicted octanol–water partition coefficient (Wildman–Crippen LogP) is -1.93. The average Bonchev–Trinajstić information content (AvgIpc) is 2.92. The van der Waals surface area contributed by atoms with Crippen molar-refractivity contribution in [1.82, 2.24) is 19.2 Å². The molecule has 0 radical (unpaired) electrons. The summed E-state index contributed by atoms with van der Waals surface area (Å²) in [4.78, 5) is 23.5. The summed E-state index contributed by atoms with van der Waals surface area (Å²) in [6, 6.07) is 1.16. The van der Waals surface area contributed by atoms with Crippen molar-refractivity contribution in [2.75, 3.05) is 6.61 Å². The van der Waals surface area contributed by atoms with E-state index in [4.69, 9.17) is 9.84 Å². The third-order valence-corrected chi connectivity index (χ3v) is 3.31. The maximum Gasteiger partial charge on any atom is 0.351 e. The Labute approximate surface area is 114 Å². The molecule has 1 saturated heterocycles. The summed E-state index contributed by atoms with van der Waals surface area (Å²) >= 11 is 0. The maximum atomic E-state index is 14.0. The molecule has 3 atom stereocenters. The molecule has 1 fully saturated rings. The van der Waals surface area contributed by atoms with Crippen molar-refractivity contribution in [3.8, 4) is 0 Å². The molecule has 0 aromatic carbocycles. The van der Waals surface area contributed by atoms with E-state index in [0.29, 0.717) is 8.97 Å². The minimum atomic E-state index is -3.81. The molecule has 2 aromatic heterocycles. The largest absolute Gasteiger partial charge is 0.394 e. The third-order valence-electron chi connectivity index (χ3n) is 3.31. The van der Waals surface area contributed by atoms with Gasteiger partial charge in [0.1, 0.15) is 6.10 Å². The Hall–Kier alpha value is -2.11. The van der Waals surface area contributed by atoms with Gasteiger partial charge in [-0.25, -0.2) is 14.7 Å².